The van der Waals surface area contributed by atoms with Gasteiger partial charge in [0.2, 0.25) is 0 Å². The van der Waals surface area contributed by atoms with E-state index >= 15 is 0 Å². The molecule has 0 heterocycles. The molecule has 0 saturated heterocycles. The lowest BCUT2D eigenvalue weighted by atomic mass is 9.97. The summed E-state index contributed by atoms with van der Waals surface area (Å²) < 4.78 is 0. The van der Waals surface area contributed by atoms with Crippen molar-refractivity contribution in [3.05, 3.63) is 71.8 Å². The SMILES string of the molecule is Nc1cccc(C(=CC(=O)O)c2ccccc2)c1. The van der Waals surface area contributed by atoms with Gasteiger partial charge in [-0.15, -0.1) is 0 Å². The zero-order valence-electron chi connectivity index (χ0n) is 9.71. The summed E-state index contributed by atoms with van der Waals surface area (Å²) in [7, 11) is 0. The van der Waals surface area contributed by atoms with E-state index in [2.05, 4.69) is 0 Å². The first-order chi connectivity index (χ1) is 8.66. The minimum absolute atomic E-state index is 0.611. The van der Waals surface area contributed by atoms with Gasteiger partial charge in [0.05, 0.1) is 0 Å². The summed E-state index contributed by atoms with van der Waals surface area (Å²) in [6.07, 6.45) is 1.20. The Hall–Kier alpha value is -2.55. The van der Waals surface area contributed by atoms with E-state index in [1.165, 1.54) is 6.08 Å². The smallest absolute Gasteiger partial charge is 0.328 e. The van der Waals surface area contributed by atoms with Crippen LogP contribution < -0.4 is 5.73 Å². The highest BCUT2D eigenvalue weighted by Gasteiger charge is 2.07. The molecule has 3 nitrogen and oxygen atoms in total. The normalized spacial score (nSPS) is 11.2. The van der Waals surface area contributed by atoms with Crippen LogP contribution in [0.15, 0.2) is 60.7 Å². The molecule has 0 atom stereocenters. The average molecular weight is 239 g/mol. The predicted molar refractivity (Wildman–Crippen MR) is 72.0 cm³/mol. The standard InChI is InChI=1S/C15H13NO2/c16-13-8-4-7-12(9-13)14(10-15(17)18)11-5-2-1-3-6-11/h1-10H,16H2,(H,17,18). The van der Waals surface area contributed by atoms with Crippen molar-refractivity contribution in [3.63, 3.8) is 0 Å². The van der Waals surface area contributed by atoms with E-state index in [1.54, 1.807) is 12.1 Å². The van der Waals surface area contributed by atoms with Crippen molar-refractivity contribution >= 4 is 17.2 Å². The van der Waals surface area contributed by atoms with Crippen molar-refractivity contribution in [2.24, 2.45) is 0 Å². The van der Waals surface area contributed by atoms with E-state index in [0.29, 0.717) is 11.3 Å². The topological polar surface area (TPSA) is 63.3 Å². The highest BCUT2D eigenvalue weighted by molar-refractivity contribution is 5.95. The Kier molecular flexibility index (Phi) is 3.44. The summed E-state index contributed by atoms with van der Waals surface area (Å²) in [6, 6.07) is 16.6. The van der Waals surface area contributed by atoms with Crippen LogP contribution in [0.1, 0.15) is 11.1 Å². The van der Waals surface area contributed by atoms with E-state index < -0.39 is 5.97 Å². The Labute approximate surface area is 105 Å². The third-order valence-electron chi connectivity index (χ3n) is 2.55. The van der Waals surface area contributed by atoms with Crippen LogP contribution in [0.3, 0.4) is 0 Å². The van der Waals surface area contributed by atoms with Crippen LogP contribution in [0.4, 0.5) is 5.69 Å². The van der Waals surface area contributed by atoms with Gasteiger partial charge in [0.15, 0.2) is 0 Å². The van der Waals surface area contributed by atoms with Crippen molar-refractivity contribution in [3.8, 4) is 0 Å². The summed E-state index contributed by atoms with van der Waals surface area (Å²) in [6.45, 7) is 0. The van der Waals surface area contributed by atoms with Crippen molar-refractivity contribution in [2.45, 2.75) is 0 Å². The molecule has 3 N–H and O–H groups in total. The largest absolute Gasteiger partial charge is 0.478 e. The maximum atomic E-state index is 10.9. The fourth-order valence-corrected chi connectivity index (χ4v) is 1.78. The van der Waals surface area contributed by atoms with Crippen LogP contribution in [0.2, 0.25) is 0 Å². The molecule has 2 rings (SSSR count). The molecule has 0 saturated carbocycles. The molecule has 0 fully saturated rings. The van der Waals surface area contributed by atoms with Gasteiger partial charge in [-0.25, -0.2) is 4.79 Å². The van der Waals surface area contributed by atoms with Crippen molar-refractivity contribution in [1.29, 1.82) is 0 Å². The van der Waals surface area contributed by atoms with Gasteiger partial charge < -0.3 is 10.8 Å². The van der Waals surface area contributed by atoms with Gasteiger partial charge >= 0.3 is 5.97 Å². The fourth-order valence-electron chi connectivity index (χ4n) is 1.78. The molecule has 90 valence electrons. The Morgan fingerprint density at radius 2 is 1.67 bits per heavy atom. The van der Waals surface area contributed by atoms with Crippen LogP contribution in [-0.2, 0) is 4.79 Å². The number of carbonyl (C=O) groups is 1. The quantitative estimate of drug-likeness (QED) is 0.639. The number of benzene rings is 2. The molecule has 18 heavy (non-hydrogen) atoms. The maximum absolute atomic E-state index is 10.9. The Bertz CT molecular complexity index is 588. The van der Waals surface area contributed by atoms with E-state index in [1.807, 2.05) is 42.5 Å². The van der Waals surface area contributed by atoms with E-state index in [9.17, 15) is 4.79 Å². The second-order valence-electron chi connectivity index (χ2n) is 3.89. The Balaban J connectivity index is 2.54. The van der Waals surface area contributed by atoms with Crippen molar-refractivity contribution < 1.29 is 9.90 Å². The first-order valence-corrected chi connectivity index (χ1v) is 5.53. The summed E-state index contributed by atoms with van der Waals surface area (Å²) >= 11 is 0. The minimum atomic E-state index is -0.976. The minimum Gasteiger partial charge on any atom is -0.478 e. The molecular weight excluding hydrogens is 226 g/mol. The summed E-state index contributed by atoms with van der Waals surface area (Å²) in [5.74, 6) is -0.976. The van der Waals surface area contributed by atoms with E-state index in [0.717, 1.165) is 11.1 Å². The molecule has 0 aliphatic rings. The summed E-state index contributed by atoms with van der Waals surface area (Å²) in [5, 5.41) is 8.97. The molecule has 0 radical (unpaired) electrons. The number of rotatable bonds is 3. The number of hydrogen-bond acceptors (Lipinski definition) is 2. The summed E-state index contributed by atoms with van der Waals surface area (Å²) in [4.78, 5) is 10.9. The van der Waals surface area contributed by atoms with Gasteiger partial charge in [-0.2, -0.15) is 0 Å². The van der Waals surface area contributed by atoms with Crippen molar-refractivity contribution in [1.82, 2.24) is 0 Å². The first-order valence-electron chi connectivity index (χ1n) is 5.53. The highest BCUT2D eigenvalue weighted by Crippen LogP contribution is 2.24. The lowest BCUT2D eigenvalue weighted by Crippen LogP contribution is -1.95. The van der Waals surface area contributed by atoms with Gasteiger partial charge in [0.25, 0.3) is 0 Å². The van der Waals surface area contributed by atoms with Crippen LogP contribution >= 0.6 is 0 Å². The molecule has 0 aliphatic carbocycles. The second-order valence-corrected chi connectivity index (χ2v) is 3.89. The van der Waals surface area contributed by atoms with Crippen LogP contribution in [-0.4, -0.2) is 11.1 Å². The average Bonchev–Trinajstić information content (AvgIpc) is 2.37. The molecule has 2 aromatic rings. The molecule has 0 amide bonds. The number of nitrogen functional groups attached to an aromatic ring is 1. The number of carboxylic acids is 1. The first kappa shape index (κ1) is 11.9. The Morgan fingerprint density at radius 1 is 1.00 bits per heavy atom. The summed E-state index contributed by atoms with van der Waals surface area (Å²) in [5.41, 5.74) is 8.64. The zero-order chi connectivity index (χ0) is 13.0. The second kappa shape index (κ2) is 5.19. The fraction of sp³-hybridized carbons (Fsp3) is 0. The molecular formula is C15H13NO2. The van der Waals surface area contributed by atoms with Crippen LogP contribution in [0.25, 0.3) is 5.57 Å². The van der Waals surface area contributed by atoms with Gasteiger partial charge in [0, 0.05) is 11.8 Å². The predicted octanol–water partition coefficient (Wildman–Crippen LogP) is 2.79. The maximum Gasteiger partial charge on any atom is 0.328 e. The zero-order valence-corrected chi connectivity index (χ0v) is 9.71. The van der Waals surface area contributed by atoms with Crippen LogP contribution in [0, 0.1) is 0 Å². The molecule has 0 aromatic heterocycles. The number of aliphatic carboxylic acids is 1. The molecule has 3 heteroatoms. The number of carboxylic acid groups (broad SMARTS) is 1. The highest BCUT2D eigenvalue weighted by atomic mass is 16.4. The van der Waals surface area contributed by atoms with Crippen molar-refractivity contribution in [2.75, 3.05) is 5.73 Å². The third-order valence-corrected chi connectivity index (χ3v) is 2.55. The number of anilines is 1. The third kappa shape index (κ3) is 2.77. The van der Waals surface area contributed by atoms with Gasteiger partial charge in [-0.3, -0.25) is 0 Å². The molecule has 0 aliphatic heterocycles. The molecule has 2 aromatic carbocycles. The molecule has 0 unspecified atom stereocenters. The van der Waals surface area contributed by atoms with E-state index in [4.69, 9.17) is 10.8 Å². The molecule has 0 spiro atoms. The number of nitrogens with two attached hydrogens (primary N) is 1. The monoisotopic (exact) mass is 239 g/mol. The number of hydrogen-bond donors (Lipinski definition) is 2. The lowest BCUT2D eigenvalue weighted by Gasteiger charge is -2.08. The van der Waals surface area contributed by atoms with Crippen LogP contribution in [0.5, 0.6) is 0 Å². The van der Waals surface area contributed by atoms with E-state index in [-0.39, 0.29) is 0 Å². The Morgan fingerprint density at radius 3 is 2.28 bits per heavy atom. The molecule has 0 bridgehead atoms. The van der Waals surface area contributed by atoms with Gasteiger partial charge in [0.1, 0.15) is 0 Å². The van der Waals surface area contributed by atoms with Gasteiger partial charge in [-0.1, -0.05) is 42.5 Å². The van der Waals surface area contributed by atoms with Gasteiger partial charge in [-0.05, 0) is 28.8 Å². The lowest BCUT2D eigenvalue weighted by molar-refractivity contribution is -0.131.